The van der Waals surface area contributed by atoms with Gasteiger partial charge in [-0.15, -0.1) is 11.3 Å². The zero-order chi connectivity index (χ0) is 17.3. The van der Waals surface area contributed by atoms with Crippen LogP contribution in [0.5, 0.6) is 0 Å². The molecule has 2 aromatic rings. The summed E-state index contributed by atoms with van der Waals surface area (Å²) in [5, 5.41) is 2.77. The highest BCUT2D eigenvalue weighted by Crippen LogP contribution is 2.19. The average molecular weight is 345 g/mol. The molecule has 24 heavy (non-hydrogen) atoms. The first-order chi connectivity index (χ1) is 11.4. The number of hydrogen-bond donors (Lipinski definition) is 0. The summed E-state index contributed by atoms with van der Waals surface area (Å²) >= 11 is 1.51. The van der Waals surface area contributed by atoms with E-state index in [1.807, 2.05) is 30.2 Å². The summed E-state index contributed by atoms with van der Waals surface area (Å²) in [6.45, 7) is 11.1. The van der Waals surface area contributed by atoms with Gasteiger partial charge in [0.05, 0.1) is 5.01 Å². The van der Waals surface area contributed by atoms with E-state index < -0.39 is 0 Å². The molecule has 0 spiro atoms. The van der Waals surface area contributed by atoms with Crippen molar-refractivity contribution < 1.29 is 4.79 Å². The lowest BCUT2D eigenvalue weighted by molar-refractivity contribution is 0.0741. The first-order valence-electron chi connectivity index (χ1n) is 8.26. The maximum Gasteiger partial charge on any atom is 0.273 e. The fourth-order valence-corrected chi connectivity index (χ4v) is 3.34. The predicted molar refractivity (Wildman–Crippen MR) is 95.8 cm³/mol. The van der Waals surface area contributed by atoms with Crippen molar-refractivity contribution >= 4 is 23.1 Å². The van der Waals surface area contributed by atoms with Crippen molar-refractivity contribution in [2.45, 2.75) is 33.6 Å². The van der Waals surface area contributed by atoms with E-state index in [2.05, 4.69) is 33.7 Å². The summed E-state index contributed by atoms with van der Waals surface area (Å²) in [6, 6.07) is 2.02. The smallest absolute Gasteiger partial charge is 0.273 e. The summed E-state index contributed by atoms with van der Waals surface area (Å²) in [5.74, 6) is 2.17. The number of nitrogens with zero attached hydrogens (tertiary/aromatic N) is 5. The summed E-state index contributed by atoms with van der Waals surface area (Å²) < 4.78 is 0. The molecule has 3 heterocycles. The Hall–Kier alpha value is -2.02. The van der Waals surface area contributed by atoms with Crippen LogP contribution in [-0.4, -0.2) is 51.9 Å². The van der Waals surface area contributed by atoms with Crippen molar-refractivity contribution in [2.24, 2.45) is 0 Å². The van der Waals surface area contributed by atoms with Gasteiger partial charge in [0.25, 0.3) is 5.91 Å². The van der Waals surface area contributed by atoms with Crippen LogP contribution in [0.4, 0.5) is 5.82 Å². The Balaban J connectivity index is 1.68. The number of amides is 1. The maximum atomic E-state index is 12.5. The van der Waals surface area contributed by atoms with E-state index in [4.69, 9.17) is 0 Å². The first kappa shape index (κ1) is 16.8. The van der Waals surface area contributed by atoms with Crippen LogP contribution in [0.15, 0.2) is 11.4 Å². The summed E-state index contributed by atoms with van der Waals surface area (Å²) in [6.07, 6.45) is 0. The maximum absolute atomic E-state index is 12.5. The Morgan fingerprint density at radius 3 is 2.42 bits per heavy atom. The van der Waals surface area contributed by atoms with Gasteiger partial charge >= 0.3 is 0 Å². The molecule has 0 aliphatic carbocycles. The van der Waals surface area contributed by atoms with Crippen LogP contribution < -0.4 is 4.90 Å². The van der Waals surface area contributed by atoms with Gasteiger partial charge in [-0.05, 0) is 13.8 Å². The van der Waals surface area contributed by atoms with E-state index in [1.165, 1.54) is 11.3 Å². The van der Waals surface area contributed by atoms with E-state index in [9.17, 15) is 4.79 Å². The molecule has 1 aliphatic heterocycles. The summed E-state index contributed by atoms with van der Waals surface area (Å²) in [7, 11) is 0. The Morgan fingerprint density at radius 1 is 1.12 bits per heavy atom. The SMILES string of the molecule is Cc1cc(N2CCN(C(=O)c3csc(C)n3)CC2)nc(C(C)C)n1. The number of carbonyl (C=O) groups excluding carboxylic acids is 1. The monoisotopic (exact) mass is 345 g/mol. The van der Waals surface area contributed by atoms with Gasteiger partial charge in [0, 0.05) is 49.2 Å². The minimum atomic E-state index is 0.0285. The molecule has 1 aliphatic rings. The molecular weight excluding hydrogens is 322 g/mol. The molecule has 0 aromatic carbocycles. The van der Waals surface area contributed by atoms with Crippen LogP contribution in [0.2, 0.25) is 0 Å². The molecule has 1 amide bonds. The molecule has 0 atom stereocenters. The molecule has 1 fully saturated rings. The number of anilines is 1. The topological polar surface area (TPSA) is 62.2 Å². The van der Waals surface area contributed by atoms with Crippen LogP contribution in [0.25, 0.3) is 0 Å². The third-order valence-electron chi connectivity index (χ3n) is 4.10. The highest BCUT2D eigenvalue weighted by atomic mass is 32.1. The lowest BCUT2D eigenvalue weighted by atomic mass is 10.2. The molecule has 0 N–H and O–H groups in total. The average Bonchev–Trinajstić information content (AvgIpc) is 3.00. The molecule has 128 valence electrons. The molecule has 0 bridgehead atoms. The summed E-state index contributed by atoms with van der Waals surface area (Å²) in [5.41, 5.74) is 1.55. The largest absolute Gasteiger partial charge is 0.353 e. The van der Waals surface area contributed by atoms with Gasteiger partial charge in [0.2, 0.25) is 0 Å². The molecule has 2 aromatic heterocycles. The van der Waals surface area contributed by atoms with Gasteiger partial charge in [-0.2, -0.15) is 0 Å². The van der Waals surface area contributed by atoms with Crippen LogP contribution in [0.3, 0.4) is 0 Å². The molecule has 0 radical (unpaired) electrons. The third kappa shape index (κ3) is 3.56. The Labute approximate surface area is 146 Å². The Bertz CT molecular complexity index is 734. The number of carbonyl (C=O) groups is 1. The Kier molecular flexibility index (Phi) is 4.80. The number of piperazine rings is 1. The van der Waals surface area contributed by atoms with Crippen LogP contribution in [0, 0.1) is 13.8 Å². The van der Waals surface area contributed by atoms with E-state index in [-0.39, 0.29) is 5.91 Å². The quantitative estimate of drug-likeness (QED) is 0.856. The van der Waals surface area contributed by atoms with E-state index >= 15 is 0 Å². The van der Waals surface area contributed by atoms with Crippen molar-refractivity contribution in [3.8, 4) is 0 Å². The standard InChI is InChI=1S/C17H23N5OS/c1-11(2)16-18-12(3)9-15(20-16)21-5-7-22(8-6-21)17(23)14-10-24-13(4)19-14/h9-11H,5-8H2,1-4H3. The molecular formula is C17H23N5OS. The van der Waals surface area contributed by atoms with E-state index in [0.29, 0.717) is 24.7 Å². The van der Waals surface area contributed by atoms with Crippen LogP contribution in [-0.2, 0) is 0 Å². The normalized spacial score (nSPS) is 15.2. The molecule has 0 unspecified atom stereocenters. The molecule has 0 saturated carbocycles. The lowest BCUT2D eigenvalue weighted by Crippen LogP contribution is -2.49. The fourth-order valence-electron chi connectivity index (χ4n) is 2.76. The van der Waals surface area contributed by atoms with Gasteiger partial charge in [-0.3, -0.25) is 4.79 Å². The van der Waals surface area contributed by atoms with Gasteiger partial charge in [-0.1, -0.05) is 13.8 Å². The minimum absolute atomic E-state index is 0.0285. The minimum Gasteiger partial charge on any atom is -0.353 e. The molecule has 3 rings (SSSR count). The third-order valence-corrected chi connectivity index (χ3v) is 4.88. The predicted octanol–water partition coefficient (Wildman–Crippen LogP) is 2.64. The fraction of sp³-hybridized carbons (Fsp3) is 0.529. The zero-order valence-corrected chi connectivity index (χ0v) is 15.4. The lowest BCUT2D eigenvalue weighted by Gasteiger charge is -2.35. The number of rotatable bonds is 3. The zero-order valence-electron chi connectivity index (χ0n) is 14.6. The molecule has 1 saturated heterocycles. The second kappa shape index (κ2) is 6.84. The molecule has 7 heteroatoms. The van der Waals surface area contributed by atoms with Crippen LogP contribution in [0.1, 0.15) is 46.8 Å². The second-order valence-corrected chi connectivity index (χ2v) is 7.47. The first-order valence-corrected chi connectivity index (χ1v) is 9.14. The number of aromatic nitrogens is 3. The van der Waals surface area contributed by atoms with E-state index in [0.717, 1.165) is 35.4 Å². The van der Waals surface area contributed by atoms with Gasteiger partial charge in [0.1, 0.15) is 17.3 Å². The second-order valence-electron chi connectivity index (χ2n) is 6.41. The Morgan fingerprint density at radius 2 is 1.83 bits per heavy atom. The summed E-state index contributed by atoms with van der Waals surface area (Å²) in [4.78, 5) is 30.1. The van der Waals surface area contributed by atoms with Gasteiger partial charge < -0.3 is 9.80 Å². The van der Waals surface area contributed by atoms with Gasteiger partial charge in [0.15, 0.2) is 0 Å². The number of aryl methyl sites for hydroxylation is 2. The molecule has 6 nitrogen and oxygen atoms in total. The van der Waals surface area contributed by atoms with Crippen molar-refractivity contribution in [3.05, 3.63) is 33.7 Å². The van der Waals surface area contributed by atoms with Crippen molar-refractivity contribution in [3.63, 3.8) is 0 Å². The van der Waals surface area contributed by atoms with Crippen LogP contribution >= 0.6 is 11.3 Å². The van der Waals surface area contributed by atoms with Crippen molar-refractivity contribution in [1.82, 2.24) is 19.9 Å². The highest BCUT2D eigenvalue weighted by Gasteiger charge is 2.24. The van der Waals surface area contributed by atoms with E-state index in [1.54, 1.807) is 0 Å². The highest BCUT2D eigenvalue weighted by molar-refractivity contribution is 7.09. The van der Waals surface area contributed by atoms with Crippen molar-refractivity contribution in [1.29, 1.82) is 0 Å². The van der Waals surface area contributed by atoms with Crippen molar-refractivity contribution in [2.75, 3.05) is 31.1 Å². The number of thiazole rings is 1. The van der Waals surface area contributed by atoms with Gasteiger partial charge in [-0.25, -0.2) is 15.0 Å². The number of hydrogen-bond acceptors (Lipinski definition) is 6.